The van der Waals surface area contributed by atoms with Crippen molar-refractivity contribution in [3.8, 4) is 0 Å². The van der Waals surface area contributed by atoms with Crippen LogP contribution in [0, 0.1) is 0 Å². The fourth-order valence-electron chi connectivity index (χ4n) is 1.49. The number of rotatable bonds is 0. The smallest absolute Gasteiger partial charge is 0.135 e. The van der Waals surface area contributed by atoms with Crippen molar-refractivity contribution in [3.05, 3.63) is 0 Å². The Bertz CT molecular complexity index is 134. The molecule has 0 N–H and O–H groups in total. The monoisotopic (exact) mass is 158 g/mol. The molecule has 0 radical (unpaired) electrons. The van der Waals surface area contributed by atoms with Gasteiger partial charge in [0.15, 0.2) is 0 Å². The third kappa shape index (κ3) is 3.49. The molecule has 1 saturated carbocycles. The van der Waals surface area contributed by atoms with E-state index in [2.05, 4.69) is 0 Å². The Kier molecular flexibility index (Phi) is 3.53. The van der Waals surface area contributed by atoms with Gasteiger partial charge in [-0.05, 0) is 12.8 Å². The van der Waals surface area contributed by atoms with Crippen molar-refractivity contribution >= 4 is 5.78 Å². The highest BCUT2D eigenvalue weighted by Crippen LogP contribution is 2.16. The van der Waals surface area contributed by atoms with E-state index in [0.717, 1.165) is 25.7 Å². The molecule has 11 heavy (non-hydrogen) atoms. The number of carbonyl (C=O) groups is 1. The minimum absolute atomic E-state index is 0.111. The zero-order valence-electron chi connectivity index (χ0n) is 6.81. The second kappa shape index (κ2) is 4.47. The summed E-state index contributed by atoms with van der Waals surface area (Å²) in [6.07, 6.45) is 4.60. The topological polar surface area (TPSA) is 17.1 Å². The first kappa shape index (κ1) is 8.69. The number of halogens is 1. The van der Waals surface area contributed by atoms with Gasteiger partial charge in [0, 0.05) is 12.8 Å². The van der Waals surface area contributed by atoms with E-state index in [4.69, 9.17) is 0 Å². The summed E-state index contributed by atoms with van der Waals surface area (Å²) in [4.78, 5) is 11.0. The molecule has 1 nitrogen and oxygen atoms in total. The molecular formula is C9H15FO. The van der Waals surface area contributed by atoms with Crippen LogP contribution in [-0.2, 0) is 4.79 Å². The van der Waals surface area contributed by atoms with Crippen molar-refractivity contribution in [2.75, 3.05) is 0 Å². The molecule has 0 saturated heterocycles. The molecule has 0 amide bonds. The number of Topliss-reactive ketones (excluding diaryl/α,β-unsaturated/α-hetero) is 1. The minimum atomic E-state index is -0.861. The van der Waals surface area contributed by atoms with Gasteiger partial charge in [-0.3, -0.25) is 4.79 Å². The van der Waals surface area contributed by atoms with E-state index < -0.39 is 6.17 Å². The Labute approximate surface area is 67.0 Å². The molecule has 1 atom stereocenters. The third-order valence-corrected chi connectivity index (χ3v) is 2.17. The predicted octanol–water partition coefficient (Wildman–Crippen LogP) is 2.64. The van der Waals surface area contributed by atoms with E-state index in [9.17, 15) is 9.18 Å². The zero-order chi connectivity index (χ0) is 8.10. The molecule has 0 heterocycles. The second-order valence-electron chi connectivity index (χ2n) is 3.29. The van der Waals surface area contributed by atoms with Crippen molar-refractivity contribution in [2.24, 2.45) is 0 Å². The predicted molar refractivity (Wildman–Crippen MR) is 42.2 cm³/mol. The Morgan fingerprint density at radius 3 is 2.73 bits per heavy atom. The Morgan fingerprint density at radius 1 is 1.18 bits per heavy atom. The van der Waals surface area contributed by atoms with E-state index >= 15 is 0 Å². The molecule has 1 rings (SSSR count). The zero-order valence-corrected chi connectivity index (χ0v) is 6.81. The van der Waals surface area contributed by atoms with Crippen molar-refractivity contribution < 1.29 is 9.18 Å². The number of hydrogen-bond acceptors (Lipinski definition) is 1. The lowest BCUT2D eigenvalue weighted by molar-refractivity contribution is -0.120. The summed E-state index contributed by atoms with van der Waals surface area (Å²) in [5, 5.41) is 0. The highest BCUT2D eigenvalue weighted by atomic mass is 19.1. The Morgan fingerprint density at radius 2 is 1.91 bits per heavy atom. The Balaban J connectivity index is 2.33. The summed E-state index contributed by atoms with van der Waals surface area (Å²) < 4.78 is 12.8. The average molecular weight is 158 g/mol. The summed E-state index contributed by atoms with van der Waals surface area (Å²) in [5.41, 5.74) is 0. The van der Waals surface area contributed by atoms with Gasteiger partial charge < -0.3 is 0 Å². The lowest BCUT2D eigenvalue weighted by atomic mass is 10.1. The maximum absolute atomic E-state index is 12.8. The lowest BCUT2D eigenvalue weighted by Crippen LogP contribution is -2.07. The van der Waals surface area contributed by atoms with Crippen LogP contribution in [-0.4, -0.2) is 12.0 Å². The van der Waals surface area contributed by atoms with Gasteiger partial charge in [0.1, 0.15) is 12.0 Å². The van der Waals surface area contributed by atoms with Crippen LogP contribution in [0.25, 0.3) is 0 Å². The van der Waals surface area contributed by atoms with Gasteiger partial charge in [0.25, 0.3) is 0 Å². The van der Waals surface area contributed by atoms with Crippen LogP contribution in [0.4, 0.5) is 4.39 Å². The summed E-state index contributed by atoms with van der Waals surface area (Å²) in [6.45, 7) is 0. The summed E-state index contributed by atoms with van der Waals surface area (Å²) in [5.74, 6) is 0.111. The highest BCUT2D eigenvalue weighted by Gasteiger charge is 2.13. The van der Waals surface area contributed by atoms with Gasteiger partial charge in [-0.1, -0.05) is 19.3 Å². The standard InChI is InChI=1S/C9H15FO/c10-8-5-3-1-2-4-6-9(11)7-8/h8H,1-7H2. The van der Waals surface area contributed by atoms with Gasteiger partial charge in [0.2, 0.25) is 0 Å². The van der Waals surface area contributed by atoms with E-state index in [0.29, 0.717) is 12.8 Å². The summed E-state index contributed by atoms with van der Waals surface area (Å²) >= 11 is 0. The third-order valence-electron chi connectivity index (χ3n) is 2.17. The Hall–Kier alpha value is -0.400. The van der Waals surface area contributed by atoms with Gasteiger partial charge in [0.05, 0.1) is 0 Å². The van der Waals surface area contributed by atoms with Crippen molar-refractivity contribution in [1.82, 2.24) is 0 Å². The average Bonchev–Trinajstić information content (AvgIpc) is 2.02. The highest BCUT2D eigenvalue weighted by molar-refractivity contribution is 5.78. The molecular weight excluding hydrogens is 143 g/mol. The van der Waals surface area contributed by atoms with E-state index in [1.807, 2.05) is 0 Å². The summed E-state index contributed by atoms with van der Waals surface area (Å²) in [6, 6.07) is 0. The normalized spacial score (nSPS) is 28.8. The molecule has 0 aliphatic heterocycles. The first-order valence-electron chi connectivity index (χ1n) is 4.45. The van der Waals surface area contributed by atoms with E-state index in [-0.39, 0.29) is 12.2 Å². The fourth-order valence-corrected chi connectivity index (χ4v) is 1.49. The maximum atomic E-state index is 12.8. The maximum Gasteiger partial charge on any atom is 0.135 e. The summed E-state index contributed by atoms with van der Waals surface area (Å²) in [7, 11) is 0. The number of carbonyl (C=O) groups excluding carboxylic acids is 1. The molecule has 0 spiro atoms. The minimum Gasteiger partial charge on any atom is -0.300 e. The van der Waals surface area contributed by atoms with E-state index in [1.165, 1.54) is 0 Å². The van der Waals surface area contributed by atoms with Crippen LogP contribution in [0.3, 0.4) is 0 Å². The number of ketones is 1. The van der Waals surface area contributed by atoms with E-state index in [1.54, 1.807) is 0 Å². The first-order valence-corrected chi connectivity index (χ1v) is 4.45. The van der Waals surface area contributed by atoms with Crippen LogP contribution < -0.4 is 0 Å². The van der Waals surface area contributed by atoms with Gasteiger partial charge >= 0.3 is 0 Å². The molecule has 0 aromatic heterocycles. The van der Waals surface area contributed by atoms with Gasteiger partial charge in [-0.25, -0.2) is 4.39 Å². The molecule has 0 bridgehead atoms. The van der Waals surface area contributed by atoms with Crippen LogP contribution in [0.15, 0.2) is 0 Å². The number of hydrogen-bond donors (Lipinski definition) is 0. The van der Waals surface area contributed by atoms with Crippen molar-refractivity contribution in [3.63, 3.8) is 0 Å². The fraction of sp³-hybridized carbons (Fsp3) is 0.889. The molecule has 1 fully saturated rings. The largest absolute Gasteiger partial charge is 0.300 e. The molecule has 1 aliphatic carbocycles. The molecule has 2 heteroatoms. The van der Waals surface area contributed by atoms with Crippen LogP contribution in [0.1, 0.15) is 44.9 Å². The van der Waals surface area contributed by atoms with Gasteiger partial charge in [-0.15, -0.1) is 0 Å². The number of alkyl halides is 1. The molecule has 0 aromatic carbocycles. The first-order chi connectivity index (χ1) is 5.29. The molecule has 1 aliphatic rings. The quantitative estimate of drug-likeness (QED) is 0.529. The van der Waals surface area contributed by atoms with Gasteiger partial charge in [-0.2, -0.15) is 0 Å². The molecule has 1 unspecified atom stereocenters. The van der Waals surface area contributed by atoms with Crippen LogP contribution in [0.5, 0.6) is 0 Å². The lowest BCUT2D eigenvalue weighted by Gasteiger charge is -2.02. The molecule has 64 valence electrons. The van der Waals surface area contributed by atoms with Crippen molar-refractivity contribution in [2.45, 2.75) is 51.1 Å². The van der Waals surface area contributed by atoms with Crippen LogP contribution >= 0.6 is 0 Å². The second-order valence-corrected chi connectivity index (χ2v) is 3.29. The van der Waals surface area contributed by atoms with Crippen molar-refractivity contribution in [1.29, 1.82) is 0 Å². The van der Waals surface area contributed by atoms with Crippen LogP contribution in [0.2, 0.25) is 0 Å². The SMILES string of the molecule is O=C1CCCCCCC(F)C1. The molecule has 0 aromatic rings.